The summed E-state index contributed by atoms with van der Waals surface area (Å²) in [6.07, 6.45) is -4.87. The molecule has 0 aliphatic heterocycles. The summed E-state index contributed by atoms with van der Waals surface area (Å²) in [5, 5.41) is 23.6. The molecule has 0 saturated carbocycles. The summed E-state index contributed by atoms with van der Waals surface area (Å²) in [6, 6.07) is 52.1. The summed E-state index contributed by atoms with van der Waals surface area (Å²) in [5.41, 5.74) is 14.7. The van der Waals surface area contributed by atoms with Crippen LogP contribution in [0.2, 0.25) is 0 Å². The van der Waals surface area contributed by atoms with Crippen LogP contribution in [-0.2, 0) is 27.5 Å². The van der Waals surface area contributed by atoms with Crippen molar-refractivity contribution in [3.8, 4) is 6.07 Å². The average Bonchev–Trinajstić information content (AvgIpc) is 1.38. The lowest BCUT2D eigenvalue weighted by Gasteiger charge is -2.04. The van der Waals surface area contributed by atoms with E-state index in [9.17, 15) is 50.3 Å². The summed E-state index contributed by atoms with van der Waals surface area (Å²) in [4.78, 5) is 67.9. The lowest BCUT2D eigenvalue weighted by atomic mass is 9.97. The molecule has 8 N–H and O–H groups in total. The first kappa shape index (κ1) is 74.8. The molecule has 29 heteroatoms. The number of hydrogen-bond donors (Lipinski definition) is 7. The van der Waals surface area contributed by atoms with Gasteiger partial charge in [-0.15, -0.1) is 0 Å². The van der Waals surface area contributed by atoms with E-state index >= 15 is 0 Å². The largest absolute Gasteiger partial charge is 0.461 e. The van der Waals surface area contributed by atoms with Gasteiger partial charge in [0.05, 0.1) is 53.3 Å². The number of rotatable bonds is 13. The van der Waals surface area contributed by atoms with Crippen molar-refractivity contribution >= 4 is 202 Å². The normalized spacial score (nSPS) is 10.7. The van der Waals surface area contributed by atoms with Gasteiger partial charge in [-0.3, -0.25) is 9.59 Å². The van der Waals surface area contributed by atoms with Gasteiger partial charge in [0.25, 0.3) is 19.3 Å². The van der Waals surface area contributed by atoms with E-state index in [1.54, 1.807) is 66.0 Å². The summed E-state index contributed by atoms with van der Waals surface area (Å²) >= 11 is 16.7. The second-order valence-corrected chi connectivity index (χ2v) is 25.3. The van der Waals surface area contributed by atoms with E-state index in [2.05, 4.69) is 105 Å². The zero-order chi connectivity index (χ0) is 70.7. The number of esters is 1. The number of H-pyrrole nitrogens is 5. The van der Waals surface area contributed by atoms with Crippen molar-refractivity contribution in [2.45, 2.75) is 39.4 Å². The highest BCUT2D eigenvalue weighted by molar-refractivity contribution is 9.11. The van der Waals surface area contributed by atoms with Crippen molar-refractivity contribution in [2.75, 3.05) is 6.61 Å². The van der Waals surface area contributed by atoms with Gasteiger partial charge >= 0.3 is 20.8 Å². The summed E-state index contributed by atoms with van der Waals surface area (Å²) in [7, 11) is 2.43. The van der Waals surface area contributed by atoms with Crippen molar-refractivity contribution in [1.82, 2.24) is 33.9 Å². The highest BCUT2D eigenvalue weighted by atomic mass is 79.9. The Hall–Kier alpha value is -9.01. The maximum atomic E-state index is 12.7. The molecule has 0 amide bonds. The van der Waals surface area contributed by atoms with E-state index in [1.807, 2.05) is 103 Å². The summed E-state index contributed by atoms with van der Waals surface area (Å²) in [5.74, 6) is -0.315. The smallest absolute Gasteiger partial charge is 0.354 e. The van der Waals surface area contributed by atoms with Crippen LogP contribution >= 0.6 is 79.6 Å². The van der Waals surface area contributed by atoms with E-state index in [4.69, 9.17) is 20.8 Å². The lowest BCUT2D eigenvalue weighted by molar-refractivity contribution is 0.0520. The zero-order valence-electron chi connectivity index (χ0n) is 51.0. The molecule has 0 spiro atoms. The molecule has 16 nitrogen and oxygen atoms in total. The fourth-order valence-electron chi connectivity index (χ4n) is 9.82. The molecule has 0 saturated heterocycles. The van der Waals surface area contributed by atoms with Crippen LogP contribution in [0.3, 0.4) is 0 Å². The molecule has 98 heavy (non-hydrogen) atoms. The average molecular weight is 1650 g/mol. The van der Waals surface area contributed by atoms with Gasteiger partial charge in [0.15, 0.2) is 12.6 Å². The minimum absolute atomic E-state index is 0.0471. The molecular weight excluding hydrogens is 1600 g/mol. The number of ether oxygens (including phenoxy) is 1. The highest BCUT2D eigenvalue weighted by Crippen LogP contribution is 2.31. The van der Waals surface area contributed by atoms with Gasteiger partial charge in [-0.1, -0.05) is 85.7 Å². The monoisotopic (exact) mass is 1650 g/mol. The van der Waals surface area contributed by atoms with E-state index in [-0.39, 0.29) is 29.7 Å². The zero-order valence-corrected chi connectivity index (χ0v) is 58.9. The summed E-state index contributed by atoms with van der Waals surface area (Å²) in [6.45, 7) is 2.66. The standard InChI is InChI=1S/C11H10BrNO2.C10H6BBrF2NO.C10H6BBrNO2.C10H10F2N2.C10H6F2N2.C9H8BrNO.C9H6BrNO/c1-2-15-11(14)10-6-7-5-8(12)3-4-9(7)13-10;12-7-1-2-8-6(3-7)4-9(10(13)14)15(8)11-5-16;12-8-1-2-10-7(3-8)4-9(5-14)13(10)11-6-15;2*11-10(12)9-4-7-3-6(5-13)1-2-8(7)14-9;2*10-7-1-2-9-6(3-7)4-8(5-12)11-9/h3-6,13H,2H2,1H3;1-5,10H;1-6H;1-4,10,14H,5,13H2;1-4,10,14H;1-4,11-12H,5H2;1-5,11H. The molecule has 498 valence electrons. The second-order valence-electron chi connectivity index (χ2n) is 20.8. The first-order valence-corrected chi connectivity index (χ1v) is 32.9. The van der Waals surface area contributed by atoms with Gasteiger partial charge in [0, 0.05) is 106 Å². The number of carbonyl (C=O) groups is 5. The predicted octanol–water partition coefficient (Wildman–Crippen LogP) is 18.7. The third-order valence-electron chi connectivity index (χ3n) is 14.2. The number of nitrogens with zero attached hydrogens (tertiary/aromatic N) is 3. The molecule has 7 heterocycles. The van der Waals surface area contributed by atoms with Gasteiger partial charge in [0.2, 0.25) is 0 Å². The van der Waals surface area contributed by atoms with Gasteiger partial charge in [-0.25, -0.2) is 31.1 Å². The van der Waals surface area contributed by atoms with Crippen LogP contribution in [-0.4, -0.2) is 91.3 Å². The Kier molecular flexibility index (Phi) is 27.1. The maximum absolute atomic E-state index is 12.7. The number of nitrogens with two attached hydrogens (primary N) is 1. The Labute approximate surface area is 597 Å². The van der Waals surface area contributed by atoms with Crippen LogP contribution in [0.5, 0.6) is 0 Å². The Bertz CT molecular complexity index is 5180. The molecule has 0 atom stereocenters. The van der Waals surface area contributed by atoms with Gasteiger partial charge in [0.1, 0.15) is 18.1 Å². The Morgan fingerprint density at radius 2 is 0.990 bits per heavy atom. The van der Waals surface area contributed by atoms with E-state index in [0.717, 1.165) is 108 Å². The fourth-order valence-corrected chi connectivity index (χ4v) is 11.7. The number of hydrogen-bond acceptors (Lipinski definition) is 9. The number of nitrogens with one attached hydrogen (secondary N) is 5. The molecule has 7 aromatic carbocycles. The van der Waals surface area contributed by atoms with Crippen molar-refractivity contribution < 1.29 is 60.2 Å². The molecule has 0 aliphatic carbocycles. The summed E-state index contributed by atoms with van der Waals surface area (Å²) < 4.78 is 87.2. The first-order valence-electron chi connectivity index (χ1n) is 29.0. The highest BCUT2D eigenvalue weighted by Gasteiger charge is 2.18. The van der Waals surface area contributed by atoms with Crippen LogP contribution in [0.1, 0.15) is 91.6 Å². The number of aldehydes is 2. The van der Waals surface area contributed by atoms with Gasteiger partial charge in [-0.2, -0.15) is 5.26 Å². The third kappa shape index (κ3) is 19.6. The minimum atomic E-state index is -2.61. The molecule has 14 aromatic rings. The third-order valence-corrected chi connectivity index (χ3v) is 16.7. The van der Waals surface area contributed by atoms with Gasteiger partial charge < -0.3 is 59.0 Å². The topological polar surface area (TPSA) is 253 Å². The van der Waals surface area contributed by atoms with E-state index in [0.29, 0.717) is 70.0 Å². The molecule has 14 rings (SSSR count). The molecule has 7 aromatic heterocycles. The number of halogens is 11. The molecule has 0 fully saturated rings. The number of aromatic amines is 5. The van der Waals surface area contributed by atoms with Crippen LogP contribution < -0.4 is 5.73 Å². The van der Waals surface area contributed by atoms with Gasteiger partial charge in [-0.05, 0) is 182 Å². The van der Waals surface area contributed by atoms with Crippen molar-refractivity contribution in [3.05, 3.63) is 243 Å². The van der Waals surface area contributed by atoms with E-state index < -0.39 is 19.3 Å². The van der Waals surface area contributed by atoms with E-state index in [1.165, 1.54) is 30.1 Å². The molecular formula is C69H52B2Br5F6N9O7. The van der Waals surface area contributed by atoms with Crippen LogP contribution in [0.15, 0.2) is 192 Å². The fraction of sp³-hybridized carbons (Fsp3) is 0.101. The number of aromatic nitrogens is 7. The SMILES string of the molecule is CCOC(=O)c1cc2cc(Br)ccc2[nH]1.N#Cc1ccc2[nH]c(C(F)F)cc2c1.NCc1ccc2[nH]c(C(F)F)cc2c1.O=C[B]n1c(C(F)F)cc2cc(Br)ccc21.O=C[B]n1c(C=O)cc2cc(Br)ccc21.O=Cc1cc2cc(Br)ccc2[nH]1.OCc1cc2cc(Br)ccc2[nH]1. The number of benzene rings is 7. The molecule has 0 aliphatic rings. The van der Waals surface area contributed by atoms with Crippen molar-refractivity contribution in [2.24, 2.45) is 5.73 Å². The Balaban J connectivity index is 0.000000146. The minimum Gasteiger partial charge on any atom is -0.461 e. The van der Waals surface area contributed by atoms with Crippen LogP contribution in [0, 0.1) is 11.3 Å². The number of carbonyl (C=O) groups excluding carboxylic acids is 5. The van der Waals surface area contributed by atoms with Crippen LogP contribution in [0.25, 0.3) is 76.3 Å². The second kappa shape index (κ2) is 35.5. The Morgan fingerprint density at radius 3 is 1.50 bits per heavy atom. The quantitative estimate of drug-likeness (QED) is 0.0250. The maximum Gasteiger partial charge on any atom is 0.354 e. The lowest BCUT2D eigenvalue weighted by Crippen LogP contribution is -2.11. The number of aliphatic hydroxyl groups is 1. The Morgan fingerprint density at radius 1 is 0.531 bits per heavy atom. The first-order chi connectivity index (χ1) is 47.1. The van der Waals surface area contributed by atoms with Crippen LogP contribution in [0.4, 0.5) is 26.3 Å². The van der Waals surface area contributed by atoms with Crippen molar-refractivity contribution in [3.63, 3.8) is 0 Å². The van der Waals surface area contributed by atoms with Crippen molar-refractivity contribution in [1.29, 1.82) is 5.26 Å². The molecule has 0 bridgehead atoms. The molecule has 2 radical (unpaired) electrons. The number of fused-ring (bicyclic) bond motifs is 7. The number of alkyl halides is 6. The number of aliphatic hydroxyl groups excluding tert-OH is 1. The number of nitriles is 1. The molecule has 0 unspecified atom stereocenters. The predicted molar refractivity (Wildman–Crippen MR) is 390 cm³/mol.